The van der Waals surface area contributed by atoms with Crippen LogP contribution < -0.4 is 15.6 Å². The predicted octanol–water partition coefficient (Wildman–Crippen LogP) is 2.09. The van der Waals surface area contributed by atoms with Gasteiger partial charge in [0.05, 0.1) is 18.5 Å². The molecule has 0 aliphatic carbocycles. The van der Waals surface area contributed by atoms with Crippen LogP contribution in [0.4, 0.5) is 5.69 Å². The molecule has 2 aromatic heterocycles. The highest BCUT2D eigenvalue weighted by molar-refractivity contribution is 5.93. The van der Waals surface area contributed by atoms with Crippen molar-refractivity contribution in [2.45, 2.75) is 13.0 Å². The molecule has 2 heterocycles. The average molecular weight is 417 g/mol. The zero-order valence-corrected chi connectivity index (χ0v) is 16.8. The number of carbonyl (C=O) groups excluding carboxylic acids is 1. The molecule has 4 aromatic rings. The third kappa shape index (κ3) is 4.32. The number of tetrazole rings is 1. The Hall–Kier alpha value is -4.34. The number of amides is 1. The minimum absolute atomic E-state index is 0.364. The van der Waals surface area contributed by atoms with Gasteiger partial charge in [-0.3, -0.25) is 9.59 Å². The molecular formula is C21H19N7O3. The Morgan fingerprint density at radius 1 is 1.03 bits per heavy atom. The molecule has 31 heavy (non-hydrogen) atoms. The first kappa shape index (κ1) is 20.0. The second-order valence-corrected chi connectivity index (χ2v) is 6.70. The third-order valence-corrected chi connectivity index (χ3v) is 4.71. The van der Waals surface area contributed by atoms with E-state index in [4.69, 9.17) is 4.74 Å². The van der Waals surface area contributed by atoms with E-state index in [2.05, 4.69) is 25.9 Å². The van der Waals surface area contributed by atoms with Crippen LogP contribution in [0, 0.1) is 0 Å². The number of aromatic nitrogens is 6. The Kier molecular flexibility index (Phi) is 5.52. The minimum atomic E-state index is -0.815. The lowest BCUT2D eigenvalue weighted by Crippen LogP contribution is -2.33. The van der Waals surface area contributed by atoms with Crippen molar-refractivity contribution in [3.63, 3.8) is 0 Å². The predicted molar refractivity (Wildman–Crippen MR) is 113 cm³/mol. The van der Waals surface area contributed by atoms with Crippen LogP contribution in [0.5, 0.6) is 5.75 Å². The molecule has 0 spiro atoms. The number of hydrogen-bond acceptors (Lipinski definition) is 7. The van der Waals surface area contributed by atoms with Gasteiger partial charge in [-0.2, -0.15) is 5.10 Å². The maximum absolute atomic E-state index is 12.7. The van der Waals surface area contributed by atoms with E-state index in [1.807, 2.05) is 24.3 Å². The number of ether oxygens (including phenoxy) is 1. The van der Waals surface area contributed by atoms with Crippen LogP contribution in [0.25, 0.3) is 16.9 Å². The lowest BCUT2D eigenvalue weighted by molar-refractivity contribution is -0.119. The van der Waals surface area contributed by atoms with Crippen molar-refractivity contribution in [1.82, 2.24) is 30.0 Å². The van der Waals surface area contributed by atoms with Crippen LogP contribution in [-0.4, -0.2) is 43.0 Å². The monoisotopic (exact) mass is 417 g/mol. The molecule has 1 N–H and O–H groups in total. The Morgan fingerprint density at radius 2 is 1.77 bits per heavy atom. The van der Waals surface area contributed by atoms with Gasteiger partial charge >= 0.3 is 0 Å². The Morgan fingerprint density at radius 3 is 2.42 bits per heavy atom. The molecule has 1 atom stereocenters. The van der Waals surface area contributed by atoms with Crippen LogP contribution in [0.15, 0.2) is 71.8 Å². The zero-order chi connectivity index (χ0) is 21.8. The van der Waals surface area contributed by atoms with Crippen molar-refractivity contribution >= 4 is 11.6 Å². The van der Waals surface area contributed by atoms with E-state index in [-0.39, 0.29) is 11.5 Å². The number of nitrogens with zero attached hydrogens (tertiary/aromatic N) is 6. The molecule has 0 saturated heterocycles. The molecule has 10 nitrogen and oxygen atoms in total. The summed E-state index contributed by atoms with van der Waals surface area (Å²) < 4.78 is 7.84. The maximum Gasteiger partial charge on any atom is 0.267 e. The summed E-state index contributed by atoms with van der Waals surface area (Å²) in [5.41, 5.74) is 2.34. The number of methoxy groups -OCH3 is 1. The standard InChI is InChI=1S/C21H19N7O3/c1-14(21(30)23-16-5-7-17(8-6-16)27-13-22-25-26-27)28-20(29)12-11-19(24-28)15-3-9-18(31-2)10-4-15/h3-14H,1-2H3,(H,23,30). The number of benzene rings is 2. The number of nitrogens with one attached hydrogen (secondary N) is 1. The average Bonchev–Trinajstić information content (AvgIpc) is 3.34. The number of anilines is 1. The van der Waals surface area contributed by atoms with Crippen molar-refractivity contribution < 1.29 is 9.53 Å². The van der Waals surface area contributed by atoms with Gasteiger partial charge in [0.2, 0.25) is 5.91 Å². The van der Waals surface area contributed by atoms with Crippen LogP contribution in [0.2, 0.25) is 0 Å². The van der Waals surface area contributed by atoms with Gasteiger partial charge in [0.1, 0.15) is 18.1 Å². The highest BCUT2D eigenvalue weighted by Gasteiger charge is 2.18. The van der Waals surface area contributed by atoms with Gasteiger partial charge in [-0.05, 0) is 71.9 Å². The summed E-state index contributed by atoms with van der Waals surface area (Å²) in [7, 11) is 1.59. The first-order chi connectivity index (χ1) is 15.0. The zero-order valence-electron chi connectivity index (χ0n) is 16.8. The van der Waals surface area contributed by atoms with Crippen molar-refractivity contribution in [3.8, 4) is 22.7 Å². The topological polar surface area (TPSA) is 117 Å². The molecule has 1 amide bonds. The van der Waals surface area contributed by atoms with Gasteiger partial charge < -0.3 is 10.1 Å². The van der Waals surface area contributed by atoms with Gasteiger partial charge in [-0.25, -0.2) is 9.36 Å². The van der Waals surface area contributed by atoms with Crippen molar-refractivity contribution in [2.75, 3.05) is 12.4 Å². The highest BCUT2D eigenvalue weighted by Crippen LogP contribution is 2.20. The van der Waals surface area contributed by atoms with Gasteiger partial charge in [0.25, 0.3) is 5.56 Å². The molecule has 156 valence electrons. The number of carbonyl (C=O) groups is 1. The highest BCUT2D eigenvalue weighted by atomic mass is 16.5. The fraction of sp³-hybridized carbons (Fsp3) is 0.143. The summed E-state index contributed by atoms with van der Waals surface area (Å²) in [5.74, 6) is 0.354. The first-order valence-corrected chi connectivity index (χ1v) is 9.44. The molecular weight excluding hydrogens is 398 g/mol. The van der Waals surface area contributed by atoms with E-state index < -0.39 is 6.04 Å². The van der Waals surface area contributed by atoms with Crippen molar-refractivity contribution in [2.24, 2.45) is 0 Å². The lowest BCUT2D eigenvalue weighted by atomic mass is 10.1. The van der Waals surface area contributed by atoms with Crippen LogP contribution in [0.1, 0.15) is 13.0 Å². The quantitative estimate of drug-likeness (QED) is 0.510. The summed E-state index contributed by atoms with van der Waals surface area (Å²) in [6, 6.07) is 16.5. The normalized spacial score (nSPS) is 11.7. The van der Waals surface area contributed by atoms with Crippen LogP contribution in [-0.2, 0) is 4.79 Å². The van der Waals surface area contributed by atoms with Crippen molar-refractivity contribution in [1.29, 1.82) is 0 Å². The Balaban J connectivity index is 1.52. The molecule has 0 aliphatic heterocycles. The second-order valence-electron chi connectivity index (χ2n) is 6.70. The third-order valence-electron chi connectivity index (χ3n) is 4.71. The van der Waals surface area contributed by atoms with E-state index in [0.29, 0.717) is 11.4 Å². The Bertz CT molecular complexity index is 1230. The summed E-state index contributed by atoms with van der Waals surface area (Å²) in [4.78, 5) is 25.1. The lowest BCUT2D eigenvalue weighted by Gasteiger charge is -2.15. The molecule has 4 rings (SSSR count). The largest absolute Gasteiger partial charge is 0.497 e. The van der Waals surface area contributed by atoms with E-state index in [1.165, 1.54) is 21.8 Å². The second kappa shape index (κ2) is 8.57. The van der Waals surface area contributed by atoms with Crippen molar-refractivity contribution in [3.05, 3.63) is 77.3 Å². The van der Waals surface area contributed by atoms with Crippen LogP contribution in [0.3, 0.4) is 0 Å². The SMILES string of the molecule is COc1ccc(-c2ccc(=O)n(C(C)C(=O)Nc3ccc(-n4cnnn4)cc3)n2)cc1. The Labute approximate surface area is 177 Å². The number of hydrogen-bond donors (Lipinski definition) is 1. The molecule has 0 bridgehead atoms. The number of rotatable bonds is 6. The minimum Gasteiger partial charge on any atom is -0.497 e. The van der Waals surface area contributed by atoms with E-state index in [0.717, 1.165) is 17.0 Å². The first-order valence-electron chi connectivity index (χ1n) is 9.44. The smallest absolute Gasteiger partial charge is 0.267 e. The van der Waals surface area contributed by atoms with Gasteiger partial charge in [0, 0.05) is 17.3 Å². The summed E-state index contributed by atoms with van der Waals surface area (Å²) in [6.45, 7) is 1.62. The van der Waals surface area contributed by atoms with E-state index >= 15 is 0 Å². The fourth-order valence-electron chi connectivity index (χ4n) is 2.95. The molecule has 0 saturated carbocycles. The van der Waals surface area contributed by atoms with Gasteiger partial charge in [-0.15, -0.1) is 5.10 Å². The van der Waals surface area contributed by atoms with Gasteiger partial charge in [-0.1, -0.05) is 0 Å². The maximum atomic E-state index is 12.7. The van der Waals surface area contributed by atoms with Crippen LogP contribution >= 0.6 is 0 Å². The summed E-state index contributed by atoms with van der Waals surface area (Å²) >= 11 is 0. The molecule has 1 unspecified atom stereocenters. The molecule has 0 radical (unpaired) electrons. The van der Waals surface area contributed by atoms with E-state index in [1.54, 1.807) is 44.4 Å². The summed E-state index contributed by atoms with van der Waals surface area (Å²) in [6.07, 6.45) is 1.48. The summed E-state index contributed by atoms with van der Waals surface area (Å²) in [5, 5.41) is 18.2. The molecule has 2 aromatic carbocycles. The molecule has 0 fully saturated rings. The molecule has 10 heteroatoms. The fourth-order valence-corrected chi connectivity index (χ4v) is 2.95. The molecule has 0 aliphatic rings. The van der Waals surface area contributed by atoms with E-state index in [9.17, 15) is 9.59 Å². The van der Waals surface area contributed by atoms with Gasteiger partial charge in [0.15, 0.2) is 0 Å².